The molecule has 0 atom stereocenters. The Hall–Kier alpha value is -2.76. The number of hydrogen-bond acceptors (Lipinski definition) is 7. The molecule has 2 aliphatic rings. The lowest BCUT2D eigenvalue weighted by Crippen LogP contribution is -2.41. The Morgan fingerprint density at radius 1 is 1.09 bits per heavy atom. The summed E-state index contributed by atoms with van der Waals surface area (Å²) >= 11 is 1.32. The molecule has 4 rings (SSSR count). The smallest absolute Gasteiger partial charge is 0.244 e. The Morgan fingerprint density at radius 3 is 2.55 bits per heavy atom. The number of rotatable bonds is 7. The van der Waals surface area contributed by atoms with Crippen LogP contribution < -0.4 is 19.7 Å². The molecule has 2 aliphatic heterocycles. The molecule has 2 aromatic carbocycles. The number of carbonyl (C=O) groups is 2. The van der Waals surface area contributed by atoms with Crippen LogP contribution in [-0.2, 0) is 19.6 Å². The van der Waals surface area contributed by atoms with Crippen molar-refractivity contribution in [2.75, 3.05) is 48.8 Å². The summed E-state index contributed by atoms with van der Waals surface area (Å²) in [6.45, 7) is 4.88. The van der Waals surface area contributed by atoms with Crippen molar-refractivity contribution in [2.24, 2.45) is 0 Å². The molecule has 0 bridgehead atoms. The summed E-state index contributed by atoms with van der Waals surface area (Å²) in [6, 6.07) is 9.79. The molecule has 0 unspecified atom stereocenters. The first-order valence-corrected chi connectivity index (χ1v) is 13.0. The SMILES string of the molecule is CCN(CC)S(=O)(=O)c1ccc2c(c1)N(CC(=O)Nc1ccc3c(c1)OCCO3)C(=O)CS2. The van der Waals surface area contributed by atoms with E-state index in [0.29, 0.717) is 49.2 Å². The van der Waals surface area contributed by atoms with Gasteiger partial charge in [0.1, 0.15) is 19.8 Å². The number of nitrogens with one attached hydrogen (secondary N) is 1. The fourth-order valence-corrected chi connectivity index (χ4v) is 6.09. The van der Waals surface area contributed by atoms with Gasteiger partial charge in [0.25, 0.3) is 0 Å². The highest BCUT2D eigenvalue weighted by atomic mass is 32.2. The molecule has 0 aliphatic carbocycles. The van der Waals surface area contributed by atoms with Crippen molar-refractivity contribution in [2.45, 2.75) is 23.6 Å². The normalized spacial score (nSPS) is 15.4. The van der Waals surface area contributed by atoms with Crippen LogP contribution in [-0.4, -0.2) is 63.1 Å². The van der Waals surface area contributed by atoms with Crippen LogP contribution in [0.4, 0.5) is 11.4 Å². The highest BCUT2D eigenvalue weighted by Crippen LogP contribution is 2.37. The predicted molar refractivity (Wildman–Crippen MR) is 126 cm³/mol. The number of sulfonamides is 1. The molecular weight excluding hydrogens is 466 g/mol. The number of benzene rings is 2. The van der Waals surface area contributed by atoms with E-state index in [1.807, 2.05) is 0 Å². The van der Waals surface area contributed by atoms with E-state index in [0.717, 1.165) is 4.90 Å². The second-order valence-electron chi connectivity index (χ2n) is 7.39. The molecule has 176 valence electrons. The molecule has 33 heavy (non-hydrogen) atoms. The van der Waals surface area contributed by atoms with Gasteiger partial charge < -0.3 is 19.7 Å². The summed E-state index contributed by atoms with van der Waals surface area (Å²) in [5.41, 5.74) is 0.933. The Morgan fingerprint density at radius 2 is 1.82 bits per heavy atom. The average Bonchev–Trinajstić information content (AvgIpc) is 2.81. The van der Waals surface area contributed by atoms with E-state index in [9.17, 15) is 18.0 Å². The summed E-state index contributed by atoms with van der Waals surface area (Å²) in [4.78, 5) is 27.6. The van der Waals surface area contributed by atoms with Gasteiger partial charge in [-0.25, -0.2) is 8.42 Å². The first kappa shape index (κ1) is 23.4. The van der Waals surface area contributed by atoms with E-state index in [-0.39, 0.29) is 23.1 Å². The predicted octanol–water partition coefficient (Wildman–Crippen LogP) is 2.57. The van der Waals surface area contributed by atoms with Gasteiger partial charge in [0.05, 0.1) is 16.3 Å². The van der Waals surface area contributed by atoms with Crippen LogP contribution in [0.5, 0.6) is 11.5 Å². The Balaban J connectivity index is 1.56. The number of thioether (sulfide) groups is 1. The molecule has 9 nitrogen and oxygen atoms in total. The zero-order valence-corrected chi connectivity index (χ0v) is 20.0. The zero-order valence-electron chi connectivity index (χ0n) is 18.4. The van der Waals surface area contributed by atoms with Crippen molar-refractivity contribution in [3.63, 3.8) is 0 Å². The molecule has 2 amide bonds. The summed E-state index contributed by atoms with van der Waals surface area (Å²) in [7, 11) is -3.70. The summed E-state index contributed by atoms with van der Waals surface area (Å²) in [5, 5.41) is 2.77. The van der Waals surface area contributed by atoms with Gasteiger partial charge in [-0.1, -0.05) is 13.8 Å². The number of amides is 2. The summed E-state index contributed by atoms with van der Waals surface area (Å²) < 4.78 is 38.3. The lowest BCUT2D eigenvalue weighted by molar-refractivity contribution is -0.120. The molecule has 2 heterocycles. The number of hydrogen-bond donors (Lipinski definition) is 1. The fraction of sp³-hybridized carbons (Fsp3) is 0.364. The Labute approximate surface area is 197 Å². The van der Waals surface area contributed by atoms with E-state index in [1.54, 1.807) is 44.2 Å². The quantitative estimate of drug-likeness (QED) is 0.635. The van der Waals surface area contributed by atoms with Crippen LogP contribution in [0, 0.1) is 0 Å². The molecule has 1 N–H and O–H groups in total. The van der Waals surface area contributed by atoms with Gasteiger partial charge in [0.15, 0.2) is 11.5 Å². The minimum absolute atomic E-state index is 0.0949. The number of nitrogens with zero attached hydrogens (tertiary/aromatic N) is 2. The van der Waals surface area contributed by atoms with Crippen LogP contribution in [0.25, 0.3) is 0 Å². The maximum Gasteiger partial charge on any atom is 0.244 e. The van der Waals surface area contributed by atoms with E-state index in [4.69, 9.17) is 9.47 Å². The van der Waals surface area contributed by atoms with Gasteiger partial charge in [-0.2, -0.15) is 4.31 Å². The van der Waals surface area contributed by atoms with Gasteiger partial charge in [0, 0.05) is 29.7 Å². The molecular formula is C22H25N3O6S2. The van der Waals surface area contributed by atoms with E-state index in [1.165, 1.54) is 27.0 Å². The van der Waals surface area contributed by atoms with Gasteiger partial charge >= 0.3 is 0 Å². The first-order valence-electron chi connectivity index (χ1n) is 10.6. The third-order valence-electron chi connectivity index (χ3n) is 5.34. The highest BCUT2D eigenvalue weighted by Gasteiger charge is 2.30. The van der Waals surface area contributed by atoms with Gasteiger partial charge in [-0.05, 0) is 30.3 Å². The molecule has 0 radical (unpaired) electrons. The van der Waals surface area contributed by atoms with Crippen molar-refractivity contribution in [3.8, 4) is 11.5 Å². The number of fused-ring (bicyclic) bond motifs is 2. The third-order valence-corrected chi connectivity index (χ3v) is 8.44. The minimum atomic E-state index is -3.70. The second-order valence-corrected chi connectivity index (χ2v) is 10.3. The van der Waals surface area contributed by atoms with E-state index < -0.39 is 15.9 Å². The maximum atomic E-state index is 13.0. The fourth-order valence-electron chi connectivity index (χ4n) is 3.69. The molecule has 0 aromatic heterocycles. The maximum absolute atomic E-state index is 13.0. The third kappa shape index (κ3) is 4.80. The van der Waals surface area contributed by atoms with Crippen molar-refractivity contribution < 1.29 is 27.5 Å². The van der Waals surface area contributed by atoms with Crippen LogP contribution in [0.1, 0.15) is 13.8 Å². The van der Waals surface area contributed by atoms with E-state index >= 15 is 0 Å². The summed E-state index contributed by atoms with van der Waals surface area (Å²) in [6.07, 6.45) is 0. The monoisotopic (exact) mass is 491 g/mol. The van der Waals surface area contributed by atoms with Gasteiger partial charge in [0.2, 0.25) is 21.8 Å². The number of carbonyl (C=O) groups excluding carboxylic acids is 2. The molecule has 0 saturated heterocycles. The molecule has 0 saturated carbocycles. The number of anilines is 2. The lowest BCUT2D eigenvalue weighted by Gasteiger charge is -2.29. The van der Waals surface area contributed by atoms with Crippen LogP contribution >= 0.6 is 11.8 Å². The first-order chi connectivity index (χ1) is 15.8. The summed E-state index contributed by atoms with van der Waals surface area (Å²) in [5.74, 6) is 0.656. The largest absolute Gasteiger partial charge is 0.486 e. The topological polar surface area (TPSA) is 105 Å². The van der Waals surface area contributed by atoms with Crippen LogP contribution in [0.3, 0.4) is 0 Å². The average molecular weight is 492 g/mol. The van der Waals surface area contributed by atoms with Crippen molar-refractivity contribution >= 4 is 45.0 Å². The Kier molecular flexibility index (Phi) is 6.82. The Bertz CT molecular complexity index is 1180. The van der Waals surface area contributed by atoms with Gasteiger partial charge in [-0.15, -0.1) is 11.8 Å². The van der Waals surface area contributed by atoms with Crippen LogP contribution in [0.15, 0.2) is 46.2 Å². The molecule has 2 aromatic rings. The van der Waals surface area contributed by atoms with Gasteiger partial charge in [-0.3, -0.25) is 9.59 Å². The minimum Gasteiger partial charge on any atom is -0.486 e. The van der Waals surface area contributed by atoms with Crippen LogP contribution in [0.2, 0.25) is 0 Å². The second kappa shape index (κ2) is 9.62. The molecule has 11 heteroatoms. The lowest BCUT2D eigenvalue weighted by atomic mass is 10.2. The highest BCUT2D eigenvalue weighted by molar-refractivity contribution is 8.00. The van der Waals surface area contributed by atoms with Crippen molar-refractivity contribution in [3.05, 3.63) is 36.4 Å². The van der Waals surface area contributed by atoms with Crippen molar-refractivity contribution in [1.82, 2.24) is 4.31 Å². The molecule has 0 spiro atoms. The number of ether oxygens (including phenoxy) is 2. The van der Waals surface area contributed by atoms with E-state index in [2.05, 4.69) is 5.32 Å². The van der Waals surface area contributed by atoms with Crippen molar-refractivity contribution in [1.29, 1.82) is 0 Å². The zero-order chi connectivity index (χ0) is 23.6. The molecule has 0 fully saturated rings. The standard InChI is InChI=1S/C22H25N3O6S2/c1-3-24(4-2)33(28,29)16-6-8-20-17(12-16)25(22(27)14-32-20)13-21(26)23-15-5-7-18-19(11-15)31-10-9-30-18/h5-8,11-12H,3-4,9-10,13-14H2,1-2H3,(H,23,26).